The molecule has 2 saturated heterocycles. The monoisotopic (exact) mass is 452 g/mol. The van der Waals surface area contributed by atoms with Gasteiger partial charge in [-0.1, -0.05) is 5.76 Å². The van der Waals surface area contributed by atoms with Gasteiger partial charge >= 0.3 is 0 Å². The summed E-state index contributed by atoms with van der Waals surface area (Å²) in [5, 5.41) is 24.3. The molecule has 2 fully saturated rings. The van der Waals surface area contributed by atoms with E-state index < -0.39 is 28.4 Å². The SMILES string of the molecule is O=C1C(=O)N(CCC[NH+]2CCOCC2)C(c2ccc([N+](=O)[O-])cc2)/C1=C(\[O-])c1ccncc1. The van der Waals surface area contributed by atoms with Crippen molar-refractivity contribution in [1.82, 2.24) is 9.88 Å². The number of non-ortho nitro benzene ring substituents is 1. The van der Waals surface area contributed by atoms with Crippen LogP contribution < -0.4 is 10.0 Å². The van der Waals surface area contributed by atoms with E-state index >= 15 is 0 Å². The van der Waals surface area contributed by atoms with Gasteiger partial charge in [-0.2, -0.15) is 0 Å². The quantitative estimate of drug-likeness (QED) is 0.197. The summed E-state index contributed by atoms with van der Waals surface area (Å²) in [6.45, 7) is 4.26. The minimum atomic E-state index is -0.897. The number of nitro benzene ring substituents is 1. The Labute approximate surface area is 190 Å². The van der Waals surface area contributed by atoms with Gasteiger partial charge in [0.2, 0.25) is 5.78 Å². The van der Waals surface area contributed by atoms with E-state index in [4.69, 9.17) is 4.74 Å². The second-order valence-corrected chi connectivity index (χ2v) is 8.02. The predicted octanol–water partition coefficient (Wildman–Crippen LogP) is -0.481. The van der Waals surface area contributed by atoms with Crippen molar-refractivity contribution >= 4 is 23.1 Å². The number of quaternary nitrogens is 1. The number of carbonyl (C=O) groups is 2. The lowest BCUT2D eigenvalue weighted by molar-refractivity contribution is -0.908. The van der Waals surface area contributed by atoms with Crippen LogP contribution in [0.4, 0.5) is 5.69 Å². The van der Waals surface area contributed by atoms with E-state index in [1.165, 1.54) is 58.6 Å². The molecule has 1 aromatic carbocycles. The fraction of sp³-hybridized carbons (Fsp3) is 0.348. The van der Waals surface area contributed by atoms with Crippen LogP contribution in [0.2, 0.25) is 0 Å². The number of rotatable bonds is 7. The van der Waals surface area contributed by atoms with Gasteiger partial charge in [0.15, 0.2) is 0 Å². The smallest absolute Gasteiger partial charge is 0.295 e. The number of carbonyl (C=O) groups excluding carboxylic acids is 2. The number of likely N-dealkylation sites (tertiary alicyclic amines) is 1. The molecule has 0 saturated carbocycles. The lowest BCUT2D eigenvalue weighted by Crippen LogP contribution is -3.14. The van der Waals surface area contributed by atoms with E-state index in [1.54, 1.807) is 0 Å². The van der Waals surface area contributed by atoms with Gasteiger partial charge < -0.3 is 19.6 Å². The third-order valence-corrected chi connectivity index (χ3v) is 6.02. The Hall–Kier alpha value is -3.63. The molecule has 0 aliphatic carbocycles. The van der Waals surface area contributed by atoms with Gasteiger partial charge in [-0.05, 0) is 35.4 Å². The lowest BCUT2D eigenvalue weighted by Gasteiger charge is -2.28. The molecule has 0 radical (unpaired) electrons. The van der Waals surface area contributed by atoms with Gasteiger partial charge in [0.1, 0.15) is 13.1 Å². The minimum absolute atomic E-state index is 0.112. The molecule has 172 valence electrons. The molecule has 2 aromatic rings. The molecule has 1 atom stereocenters. The van der Waals surface area contributed by atoms with Gasteiger partial charge in [-0.3, -0.25) is 24.7 Å². The van der Waals surface area contributed by atoms with Crippen LogP contribution in [0.1, 0.15) is 23.6 Å². The number of nitrogens with zero attached hydrogens (tertiary/aromatic N) is 3. The summed E-state index contributed by atoms with van der Waals surface area (Å²) < 4.78 is 5.37. The van der Waals surface area contributed by atoms with Crippen LogP contribution in [0.15, 0.2) is 54.4 Å². The highest BCUT2D eigenvalue weighted by Crippen LogP contribution is 2.39. The van der Waals surface area contributed by atoms with Gasteiger partial charge in [-0.15, -0.1) is 0 Å². The molecule has 2 aliphatic rings. The second-order valence-electron chi connectivity index (χ2n) is 8.02. The first-order valence-electron chi connectivity index (χ1n) is 10.8. The summed E-state index contributed by atoms with van der Waals surface area (Å²) in [7, 11) is 0. The normalized spacial score (nSPS) is 20.8. The van der Waals surface area contributed by atoms with Crippen molar-refractivity contribution in [3.8, 4) is 0 Å². The second kappa shape index (κ2) is 9.88. The minimum Gasteiger partial charge on any atom is -0.872 e. The highest BCUT2D eigenvalue weighted by atomic mass is 16.6. The molecule has 2 aliphatic heterocycles. The van der Waals surface area contributed by atoms with Crippen molar-refractivity contribution < 1.29 is 29.3 Å². The molecule has 10 heteroatoms. The number of Topliss-reactive ketones (excluding diaryl/α,β-unsaturated/α-hetero) is 1. The molecule has 33 heavy (non-hydrogen) atoms. The van der Waals surface area contributed by atoms with Gasteiger partial charge in [0.25, 0.3) is 11.6 Å². The van der Waals surface area contributed by atoms with E-state index in [0.717, 1.165) is 19.6 Å². The molecule has 1 N–H and O–H groups in total. The number of benzene rings is 1. The van der Waals surface area contributed by atoms with Crippen molar-refractivity contribution in [3.05, 3.63) is 75.6 Å². The van der Waals surface area contributed by atoms with Crippen molar-refractivity contribution in [2.24, 2.45) is 0 Å². The Morgan fingerprint density at radius 2 is 1.79 bits per heavy atom. The Bertz CT molecular complexity index is 1060. The Morgan fingerprint density at radius 1 is 1.12 bits per heavy atom. The molecular formula is C23H24N4O6. The summed E-state index contributed by atoms with van der Waals surface area (Å²) in [6, 6.07) is 7.70. The third kappa shape index (κ3) is 4.76. The van der Waals surface area contributed by atoms with E-state index in [2.05, 4.69) is 4.98 Å². The van der Waals surface area contributed by atoms with Crippen molar-refractivity contribution in [3.63, 3.8) is 0 Å². The summed E-state index contributed by atoms with van der Waals surface area (Å²) in [4.78, 5) is 43.1. The number of nitro groups is 1. The molecule has 1 aromatic heterocycles. The van der Waals surface area contributed by atoms with Crippen molar-refractivity contribution in [2.75, 3.05) is 39.4 Å². The molecule has 0 spiro atoms. The number of morpholine rings is 1. The van der Waals surface area contributed by atoms with Crippen LogP contribution in [-0.2, 0) is 14.3 Å². The number of nitrogens with one attached hydrogen (secondary N) is 1. The van der Waals surface area contributed by atoms with Crippen LogP contribution >= 0.6 is 0 Å². The number of hydrogen-bond donors (Lipinski definition) is 1. The van der Waals surface area contributed by atoms with Crippen LogP contribution in [0, 0.1) is 10.1 Å². The third-order valence-electron chi connectivity index (χ3n) is 6.02. The van der Waals surface area contributed by atoms with E-state index in [-0.39, 0.29) is 16.8 Å². The number of aromatic nitrogens is 1. The zero-order valence-electron chi connectivity index (χ0n) is 17.9. The highest BCUT2D eigenvalue weighted by Gasteiger charge is 2.44. The maximum atomic E-state index is 13.2. The largest absolute Gasteiger partial charge is 0.872 e. The van der Waals surface area contributed by atoms with Crippen molar-refractivity contribution in [2.45, 2.75) is 12.5 Å². The van der Waals surface area contributed by atoms with E-state index in [9.17, 15) is 24.8 Å². The molecule has 3 heterocycles. The highest BCUT2D eigenvalue weighted by molar-refractivity contribution is 6.46. The Morgan fingerprint density at radius 3 is 2.42 bits per heavy atom. The summed E-state index contributed by atoms with van der Waals surface area (Å²) >= 11 is 0. The fourth-order valence-electron chi connectivity index (χ4n) is 4.29. The van der Waals surface area contributed by atoms with Crippen LogP contribution in [0.3, 0.4) is 0 Å². The van der Waals surface area contributed by atoms with E-state index in [0.29, 0.717) is 31.7 Å². The average molecular weight is 452 g/mol. The lowest BCUT2D eigenvalue weighted by atomic mass is 9.95. The Balaban J connectivity index is 1.67. The average Bonchev–Trinajstić information content (AvgIpc) is 3.10. The van der Waals surface area contributed by atoms with Crippen molar-refractivity contribution in [1.29, 1.82) is 0 Å². The molecule has 1 amide bonds. The van der Waals surface area contributed by atoms with Gasteiger partial charge in [0, 0.05) is 43.1 Å². The number of ether oxygens (including phenoxy) is 1. The molecule has 0 bridgehead atoms. The first kappa shape index (κ1) is 22.6. The molecule has 1 unspecified atom stereocenters. The van der Waals surface area contributed by atoms with Crippen LogP contribution in [0.5, 0.6) is 0 Å². The zero-order valence-corrected chi connectivity index (χ0v) is 17.9. The first-order valence-corrected chi connectivity index (χ1v) is 10.8. The maximum Gasteiger partial charge on any atom is 0.295 e. The van der Waals surface area contributed by atoms with Crippen LogP contribution in [0.25, 0.3) is 5.76 Å². The summed E-state index contributed by atoms with van der Waals surface area (Å²) in [5.41, 5.74) is 0.487. The molecule has 10 nitrogen and oxygen atoms in total. The maximum absolute atomic E-state index is 13.2. The number of ketones is 1. The number of hydrogen-bond acceptors (Lipinski definition) is 7. The van der Waals surface area contributed by atoms with E-state index in [1.807, 2.05) is 0 Å². The fourth-order valence-corrected chi connectivity index (χ4v) is 4.29. The van der Waals surface area contributed by atoms with Gasteiger partial charge in [0.05, 0.1) is 30.7 Å². The summed E-state index contributed by atoms with van der Waals surface area (Å²) in [6.07, 6.45) is 3.53. The zero-order chi connectivity index (χ0) is 23.4. The first-order chi connectivity index (χ1) is 16.0. The van der Waals surface area contributed by atoms with Gasteiger partial charge in [-0.25, -0.2) is 0 Å². The van der Waals surface area contributed by atoms with Crippen LogP contribution in [-0.4, -0.2) is 65.9 Å². The number of amides is 1. The molecule has 4 rings (SSSR count). The topological polar surface area (TPSA) is 130 Å². The molecular weight excluding hydrogens is 428 g/mol. The standard InChI is InChI=1S/C23H24N4O6/c28-21(17-6-8-24-9-7-17)19-20(16-2-4-18(5-3-16)27(31)32)26(23(30)22(19)29)11-1-10-25-12-14-33-15-13-25/h2-9,20,28H,1,10-15H2/b21-19+. The number of pyridine rings is 1. The predicted molar refractivity (Wildman–Crippen MR) is 115 cm³/mol. The summed E-state index contributed by atoms with van der Waals surface area (Å²) in [5.74, 6) is -2.10. The Kier molecular flexibility index (Phi) is 6.76.